The molecular formula is C12H17FN2O3S. The van der Waals surface area contributed by atoms with E-state index in [-0.39, 0.29) is 10.6 Å². The standard InChI is InChI=1S/C12H17FN2O3S/c13-10-2-1-3-11(12(10)14)19(16,17)15-6-4-9-5-7-18-8-9/h1-3,9,15H,4-8,14H2. The fourth-order valence-corrected chi connectivity index (χ4v) is 3.22. The van der Waals surface area contributed by atoms with Crippen molar-refractivity contribution in [1.82, 2.24) is 4.72 Å². The van der Waals surface area contributed by atoms with Gasteiger partial charge in [0.05, 0.1) is 5.69 Å². The van der Waals surface area contributed by atoms with E-state index in [1.165, 1.54) is 12.1 Å². The first-order valence-corrected chi connectivity index (χ1v) is 7.60. The van der Waals surface area contributed by atoms with E-state index in [1.807, 2.05) is 0 Å². The lowest BCUT2D eigenvalue weighted by atomic mass is 10.1. The first-order chi connectivity index (χ1) is 9.00. The van der Waals surface area contributed by atoms with Gasteiger partial charge in [-0.15, -0.1) is 0 Å². The first kappa shape index (κ1) is 14.2. The number of para-hydroxylation sites is 1. The highest BCUT2D eigenvalue weighted by Crippen LogP contribution is 2.21. The van der Waals surface area contributed by atoms with Gasteiger partial charge in [0.2, 0.25) is 10.0 Å². The van der Waals surface area contributed by atoms with Crippen molar-refractivity contribution in [3.63, 3.8) is 0 Å². The van der Waals surface area contributed by atoms with Gasteiger partial charge in [-0.2, -0.15) is 0 Å². The number of rotatable bonds is 5. The number of nitrogens with two attached hydrogens (primary N) is 1. The summed E-state index contributed by atoms with van der Waals surface area (Å²) in [6.45, 7) is 1.70. The van der Waals surface area contributed by atoms with Crippen molar-refractivity contribution >= 4 is 15.7 Å². The summed E-state index contributed by atoms with van der Waals surface area (Å²) in [5, 5.41) is 0. The molecule has 7 heteroatoms. The normalized spacial score (nSPS) is 19.7. The van der Waals surface area contributed by atoms with Crippen molar-refractivity contribution in [1.29, 1.82) is 0 Å². The number of anilines is 1. The number of nitrogens with one attached hydrogen (secondary N) is 1. The van der Waals surface area contributed by atoms with Crippen molar-refractivity contribution < 1.29 is 17.5 Å². The number of hydrogen-bond donors (Lipinski definition) is 2. The molecule has 106 valence electrons. The van der Waals surface area contributed by atoms with Crippen LogP contribution in [0.4, 0.5) is 10.1 Å². The van der Waals surface area contributed by atoms with Gasteiger partial charge in [0.15, 0.2) is 0 Å². The average molecular weight is 288 g/mol. The third kappa shape index (κ3) is 3.43. The van der Waals surface area contributed by atoms with E-state index in [2.05, 4.69) is 4.72 Å². The van der Waals surface area contributed by atoms with E-state index in [4.69, 9.17) is 10.5 Å². The van der Waals surface area contributed by atoms with Gasteiger partial charge >= 0.3 is 0 Å². The zero-order chi connectivity index (χ0) is 13.9. The van der Waals surface area contributed by atoms with Crippen molar-refractivity contribution in [3.8, 4) is 0 Å². The minimum absolute atomic E-state index is 0.213. The molecule has 3 N–H and O–H groups in total. The Bertz CT molecular complexity index is 542. The summed E-state index contributed by atoms with van der Waals surface area (Å²) in [7, 11) is -3.76. The van der Waals surface area contributed by atoms with Crippen LogP contribution in [0.2, 0.25) is 0 Å². The van der Waals surface area contributed by atoms with Crippen LogP contribution in [0.15, 0.2) is 23.1 Å². The lowest BCUT2D eigenvalue weighted by Gasteiger charge is -2.11. The Morgan fingerprint density at radius 1 is 1.47 bits per heavy atom. The van der Waals surface area contributed by atoms with Crippen LogP contribution < -0.4 is 10.5 Å². The van der Waals surface area contributed by atoms with Gasteiger partial charge in [0.25, 0.3) is 0 Å². The summed E-state index contributed by atoms with van der Waals surface area (Å²) >= 11 is 0. The van der Waals surface area contributed by atoms with Crippen LogP contribution in [0.1, 0.15) is 12.8 Å². The molecule has 1 aromatic rings. The number of hydrogen-bond acceptors (Lipinski definition) is 4. The molecule has 0 saturated carbocycles. The monoisotopic (exact) mass is 288 g/mol. The molecular weight excluding hydrogens is 271 g/mol. The van der Waals surface area contributed by atoms with Gasteiger partial charge in [-0.3, -0.25) is 0 Å². The molecule has 5 nitrogen and oxygen atoms in total. The lowest BCUT2D eigenvalue weighted by molar-refractivity contribution is 0.184. The van der Waals surface area contributed by atoms with Gasteiger partial charge < -0.3 is 10.5 Å². The summed E-state index contributed by atoms with van der Waals surface area (Å²) in [5.74, 6) is -0.348. The Morgan fingerprint density at radius 3 is 2.95 bits per heavy atom. The minimum atomic E-state index is -3.76. The highest BCUT2D eigenvalue weighted by molar-refractivity contribution is 7.89. The topological polar surface area (TPSA) is 81.4 Å². The first-order valence-electron chi connectivity index (χ1n) is 6.12. The number of benzene rings is 1. The van der Waals surface area contributed by atoms with Crippen molar-refractivity contribution in [2.24, 2.45) is 5.92 Å². The van der Waals surface area contributed by atoms with Gasteiger partial charge in [-0.05, 0) is 30.9 Å². The Morgan fingerprint density at radius 2 is 2.26 bits per heavy atom. The smallest absolute Gasteiger partial charge is 0.242 e. The highest BCUT2D eigenvalue weighted by Gasteiger charge is 2.20. The van der Waals surface area contributed by atoms with E-state index in [0.29, 0.717) is 25.5 Å². The number of nitrogen functional groups attached to an aromatic ring is 1. The Kier molecular flexibility index (Phi) is 4.38. The zero-order valence-corrected chi connectivity index (χ0v) is 11.2. The van der Waals surface area contributed by atoms with Gasteiger partial charge in [0.1, 0.15) is 10.7 Å². The number of ether oxygens (including phenoxy) is 1. The molecule has 1 aromatic carbocycles. The van der Waals surface area contributed by atoms with Crippen LogP contribution >= 0.6 is 0 Å². The largest absolute Gasteiger partial charge is 0.395 e. The Balaban J connectivity index is 1.99. The van der Waals surface area contributed by atoms with Crippen molar-refractivity contribution in [3.05, 3.63) is 24.0 Å². The van der Waals surface area contributed by atoms with Crippen LogP contribution in [-0.4, -0.2) is 28.2 Å². The van der Waals surface area contributed by atoms with Crippen LogP contribution in [0.25, 0.3) is 0 Å². The summed E-state index contributed by atoms with van der Waals surface area (Å²) in [5.41, 5.74) is 5.10. The molecule has 1 unspecified atom stereocenters. The van der Waals surface area contributed by atoms with Gasteiger partial charge in [-0.1, -0.05) is 6.07 Å². The molecule has 1 atom stereocenters. The fourth-order valence-electron chi connectivity index (χ4n) is 2.04. The van der Waals surface area contributed by atoms with Crippen molar-refractivity contribution in [2.45, 2.75) is 17.7 Å². The summed E-state index contributed by atoms with van der Waals surface area (Å²) < 4.78 is 44.9. The second-order valence-electron chi connectivity index (χ2n) is 4.57. The quantitative estimate of drug-likeness (QED) is 0.795. The Hall–Kier alpha value is -1.18. The maximum atomic E-state index is 13.2. The lowest BCUT2D eigenvalue weighted by Crippen LogP contribution is -2.27. The van der Waals surface area contributed by atoms with Crippen molar-refractivity contribution in [2.75, 3.05) is 25.5 Å². The molecule has 1 fully saturated rings. The molecule has 0 aromatic heterocycles. The highest BCUT2D eigenvalue weighted by atomic mass is 32.2. The average Bonchev–Trinajstić information content (AvgIpc) is 2.85. The SMILES string of the molecule is Nc1c(F)cccc1S(=O)(=O)NCCC1CCOC1. The van der Waals surface area contributed by atoms with Crippen LogP contribution in [0, 0.1) is 11.7 Å². The third-order valence-corrected chi connectivity index (χ3v) is 4.69. The van der Waals surface area contributed by atoms with Crippen LogP contribution in [-0.2, 0) is 14.8 Å². The molecule has 2 rings (SSSR count). The summed E-state index contributed by atoms with van der Waals surface area (Å²) in [4.78, 5) is -0.213. The molecule has 1 aliphatic heterocycles. The molecule has 1 heterocycles. The second-order valence-corrected chi connectivity index (χ2v) is 6.30. The van der Waals surface area contributed by atoms with Crippen LogP contribution in [0.3, 0.4) is 0 Å². The molecule has 1 aliphatic rings. The molecule has 0 spiro atoms. The molecule has 0 bridgehead atoms. The molecule has 0 radical (unpaired) electrons. The summed E-state index contributed by atoms with van der Waals surface area (Å²) in [6, 6.07) is 3.74. The molecule has 19 heavy (non-hydrogen) atoms. The summed E-state index contributed by atoms with van der Waals surface area (Å²) in [6.07, 6.45) is 1.65. The maximum Gasteiger partial charge on any atom is 0.242 e. The predicted octanol–water partition coefficient (Wildman–Crippen LogP) is 1.11. The predicted molar refractivity (Wildman–Crippen MR) is 69.5 cm³/mol. The number of sulfonamides is 1. The maximum absolute atomic E-state index is 13.2. The van der Waals surface area contributed by atoms with E-state index < -0.39 is 15.8 Å². The number of halogens is 1. The third-order valence-electron chi connectivity index (χ3n) is 3.17. The molecule has 0 aliphatic carbocycles. The van der Waals surface area contributed by atoms with Crippen LogP contribution in [0.5, 0.6) is 0 Å². The van der Waals surface area contributed by atoms with Gasteiger partial charge in [-0.25, -0.2) is 17.5 Å². The minimum Gasteiger partial charge on any atom is -0.395 e. The van der Waals surface area contributed by atoms with E-state index in [0.717, 1.165) is 19.1 Å². The van der Waals surface area contributed by atoms with E-state index in [9.17, 15) is 12.8 Å². The van der Waals surface area contributed by atoms with Gasteiger partial charge in [0, 0.05) is 19.8 Å². The molecule has 1 saturated heterocycles. The second kappa shape index (κ2) is 5.85. The van der Waals surface area contributed by atoms with E-state index in [1.54, 1.807) is 0 Å². The fraction of sp³-hybridized carbons (Fsp3) is 0.500. The van der Waals surface area contributed by atoms with E-state index >= 15 is 0 Å². The zero-order valence-electron chi connectivity index (χ0n) is 10.4. The Labute approximate surface area is 112 Å². The molecule has 0 amide bonds.